The molecule has 0 aliphatic carbocycles. The Labute approximate surface area is 104 Å². The third-order valence-electron chi connectivity index (χ3n) is 2.18. The predicted octanol–water partition coefficient (Wildman–Crippen LogP) is 0.923. The SMILES string of the molecule is COc1n[nH]c(NS(=O)(=O)c2cccc(C)c2)n1. The molecule has 18 heavy (non-hydrogen) atoms. The number of aryl methyl sites for hydroxylation is 1. The summed E-state index contributed by atoms with van der Waals surface area (Å²) < 4.78 is 31.0. The van der Waals surface area contributed by atoms with Gasteiger partial charge in [0.05, 0.1) is 12.0 Å². The zero-order valence-corrected chi connectivity index (χ0v) is 10.7. The van der Waals surface area contributed by atoms with Crippen LogP contribution in [0.1, 0.15) is 5.56 Å². The summed E-state index contributed by atoms with van der Waals surface area (Å²) in [6.07, 6.45) is 0. The van der Waals surface area contributed by atoms with Crippen LogP contribution in [0.5, 0.6) is 6.01 Å². The van der Waals surface area contributed by atoms with Crippen LogP contribution in [0.2, 0.25) is 0 Å². The van der Waals surface area contributed by atoms with Gasteiger partial charge in [-0.2, -0.15) is 4.98 Å². The molecule has 0 aliphatic rings. The monoisotopic (exact) mass is 268 g/mol. The molecule has 0 fully saturated rings. The van der Waals surface area contributed by atoms with Crippen molar-refractivity contribution < 1.29 is 13.2 Å². The zero-order valence-electron chi connectivity index (χ0n) is 9.84. The van der Waals surface area contributed by atoms with Crippen LogP contribution in [0.4, 0.5) is 5.95 Å². The van der Waals surface area contributed by atoms with E-state index in [9.17, 15) is 8.42 Å². The predicted molar refractivity (Wildman–Crippen MR) is 64.9 cm³/mol. The summed E-state index contributed by atoms with van der Waals surface area (Å²) in [6, 6.07) is 6.62. The third-order valence-corrected chi connectivity index (χ3v) is 3.51. The maximum Gasteiger partial charge on any atom is 0.336 e. The highest BCUT2D eigenvalue weighted by Gasteiger charge is 2.16. The van der Waals surface area contributed by atoms with Crippen LogP contribution in [-0.2, 0) is 10.0 Å². The van der Waals surface area contributed by atoms with Gasteiger partial charge in [0.25, 0.3) is 10.0 Å². The van der Waals surface area contributed by atoms with Crippen molar-refractivity contribution in [3.05, 3.63) is 29.8 Å². The van der Waals surface area contributed by atoms with E-state index < -0.39 is 10.0 Å². The van der Waals surface area contributed by atoms with Crippen molar-refractivity contribution >= 4 is 16.0 Å². The first-order valence-electron chi connectivity index (χ1n) is 5.07. The lowest BCUT2D eigenvalue weighted by Gasteiger charge is -2.05. The molecular weight excluding hydrogens is 256 g/mol. The standard InChI is InChI=1S/C10H12N4O3S/c1-7-4-3-5-8(6-7)18(15,16)14-9-11-10(17-2)13-12-9/h3-6H,1-2H3,(H2,11,12,13,14). The van der Waals surface area contributed by atoms with Crippen molar-refractivity contribution in [2.45, 2.75) is 11.8 Å². The van der Waals surface area contributed by atoms with Gasteiger partial charge >= 0.3 is 6.01 Å². The molecule has 0 amide bonds. The van der Waals surface area contributed by atoms with Crippen LogP contribution < -0.4 is 9.46 Å². The summed E-state index contributed by atoms with van der Waals surface area (Å²) in [5.74, 6) is 0.00774. The van der Waals surface area contributed by atoms with Crippen LogP contribution >= 0.6 is 0 Å². The molecule has 1 aromatic heterocycles. The van der Waals surface area contributed by atoms with Gasteiger partial charge in [-0.05, 0) is 24.6 Å². The van der Waals surface area contributed by atoms with Gasteiger partial charge in [0.2, 0.25) is 5.95 Å². The Hall–Kier alpha value is -2.09. The highest BCUT2D eigenvalue weighted by Crippen LogP contribution is 2.15. The topological polar surface area (TPSA) is 97.0 Å². The van der Waals surface area contributed by atoms with Gasteiger partial charge in [-0.1, -0.05) is 12.1 Å². The van der Waals surface area contributed by atoms with Gasteiger partial charge in [0, 0.05) is 0 Å². The molecule has 0 saturated heterocycles. The number of ether oxygens (including phenoxy) is 1. The summed E-state index contributed by atoms with van der Waals surface area (Å²) in [6.45, 7) is 1.82. The van der Waals surface area contributed by atoms with E-state index >= 15 is 0 Å². The summed E-state index contributed by atoms with van der Waals surface area (Å²) in [5.41, 5.74) is 0.855. The lowest BCUT2D eigenvalue weighted by molar-refractivity contribution is 0.382. The first kappa shape index (κ1) is 12.4. The van der Waals surface area contributed by atoms with Crippen molar-refractivity contribution in [3.8, 4) is 6.01 Å². The van der Waals surface area contributed by atoms with Crippen LogP contribution in [0, 0.1) is 6.92 Å². The van der Waals surface area contributed by atoms with Crippen molar-refractivity contribution in [1.29, 1.82) is 0 Å². The minimum absolute atomic E-state index is 0.00774. The van der Waals surface area contributed by atoms with Gasteiger partial charge in [-0.3, -0.25) is 0 Å². The van der Waals surface area contributed by atoms with E-state index in [0.717, 1.165) is 5.56 Å². The largest absolute Gasteiger partial charge is 0.466 e. The van der Waals surface area contributed by atoms with E-state index in [0.29, 0.717) is 0 Å². The lowest BCUT2D eigenvalue weighted by Crippen LogP contribution is -2.14. The smallest absolute Gasteiger partial charge is 0.336 e. The number of aromatic amines is 1. The highest BCUT2D eigenvalue weighted by atomic mass is 32.2. The van der Waals surface area contributed by atoms with Gasteiger partial charge in [-0.25, -0.2) is 18.2 Å². The van der Waals surface area contributed by atoms with Crippen LogP contribution in [0.3, 0.4) is 0 Å². The Morgan fingerprint density at radius 2 is 2.17 bits per heavy atom. The average molecular weight is 268 g/mol. The Balaban J connectivity index is 2.27. The normalized spacial score (nSPS) is 11.2. The minimum atomic E-state index is -3.67. The number of aromatic nitrogens is 3. The Bertz CT molecular complexity index is 651. The van der Waals surface area contributed by atoms with Gasteiger partial charge in [0.15, 0.2) is 0 Å². The van der Waals surface area contributed by atoms with E-state index in [4.69, 9.17) is 4.74 Å². The molecule has 2 aromatic rings. The lowest BCUT2D eigenvalue weighted by atomic mass is 10.2. The molecule has 1 heterocycles. The minimum Gasteiger partial charge on any atom is -0.466 e. The van der Waals surface area contributed by atoms with Crippen molar-refractivity contribution in [2.24, 2.45) is 0 Å². The number of sulfonamides is 1. The van der Waals surface area contributed by atoms with Crippen LogP contribution in [0.25, 0.3) is 0 Å². The molecule has 0 unspecified atom stereocenters. The molecule has 0 radical (unpaired) electrons. The zero-order chi connectivity index (χ0) is 13.2. The van der Waals surface area contributed by atoms with Gasteiger partial charge < -0.3 is 4.74 Å². The fourth-order valence-electron chi connectivity index (χ4n) is 1.35. The molecule has 0 spiro atoms. The summed E-state index contributed by atoms with van der Waals surface area (Å²) in [7, 11) is -2.28. The molecule has 0 aliphatic heterocycles. The quantitative estimate of drug-likeness (QED) is 0.859. The number of nitrogens with zero attached hydrogens (tertiary/aromatic N) is 2. The molecule has 0 atom stereocenters. The molecule has 96 valence electrons. The molecule has 7 nitrogen and oxygen atoms in total. The van der Waals surface area contributed by atoms with E-state index in [1.807, 2.05) is 13.0 Å². The second-order valence-electron chi connectivity index (χ2n) is 3.59. The summed E-state index contributed by atoms with van der Waals surface area (Å²) >= 11 is 0. The fourth-order valence-corrected chi connectivity index (χ4v) is 2.41. The van der Waals surface area contributed by atoms with Gasteiger partial charge in [-0.15, -0.1) is 5.10 Å². The van der Waals surface area contributed by atoms with E-state index in [2.05, 4.69) is 19.9 Å². The van der Waals surface area contributed by atoms with Crippen molar-refractivity contribution in [1.82, 2.24) is 15.2 Å². The van der Waals surface area contributed by atoms with Crippen molar-refractivity contribution in [2.75, 3.05) is 11.8 Å². The molecule has 0 saturated carbocycles. The Kier molecular flexibility index (Phi) is 3.19. The number of benzene rings is 1. The fraction of sp³-hybridized carbons (Fsp3) is 0.200. The molecule has 1 aromatic carbocycles. The third kappa shape index (κ3) is 2.59. The number of hydrogen-bond acceptors (Lipinski definition) is 5. The maximum atomic E-state index is 12.0. The van der Waals surface area contributed by atoms with Crippen molar-refractivity contribution in [3.63, 3.8) is 0 Å². The van der Waals surface area contributed by atoms with E-state index in [1.165, 1.54) is 13.2 Å². The molecule has 0 bridgehead atoms. The molecular formula is C10H12N4O3S. The Morgan fingerprint density at radius 1 is 1.39 bits per heavy atom. The first-order valence-corrected chi connectivity index (χ1v) is 6.55. The second kappa shape index (κ2) is 4.65. The number of methoxy groups -OCH3 is 1. The summed E-state index contributed by atoms with van der Waals surface area (Å²) in [5, 5.41) is 6.07. The van der Waals surface area contributed by atoms with E-state index in [1.54, 1.807) is 12.1 Å². The molecule has 2 N–H and O–H groups in total. The summed E-state index contributed by atoms with van der Waals surface area (Å²) in [4.78, 5) is 3.95. The number of rotatable bonds is 4. The number of nitrogens with one attached hydrogen (secondary N) is 2. The van der Waals surface area contributed by atoms with Gasteiger partial charge in [0.1, 0.15) is 0 Å². The molecule has 2 rings (SSSR count). The number of anilines is 1. The number of H-pyrrole nitrogens is 1. The van der Waals surface area contributed by atoms with E-state index in [-0.39, 0.29) is 16.9 Å². The first-order chi connectivity index (χ1) is 8.51. The number of hydrogen-bond donors (Lipinski definition) is 2. The van der Waals surface area contributed by atoms with Crippen LogP contribution in [0.15, 0.2) is 29.2 Å². The second-order valence-corrected chi connectivity index (χ2v) is 5.28. The van der Waals surface area contributed by atoms with Crippen LogP contribution in [-0.4, -0.2) is 30.7 Å². The maximum absolute atomic E-state index is 12.0. The Morgan fingerprint density at radius 3 is 2.78 bits per heavy atom. The average Bonchev–Trinajstić information content (AvgIpc) is 2.76. The highest BCUT2D eigenvalue weighted by molar-refractivity contribution is 7.92. The molecule has 8 heteroatoms.